The Bertz CT molecular complexity index is 2120. The molecule has 6 rings (SSSR count). The van der Waals surface area contributed by atoms with Gasteiger partial charge in [-0.1, -0.05) is 45.4 Å². The van der Waals surface area contributed by atoms with Gasteiger partial charge in [0.15, 0.2) is 0 Å². The zero-order valence-corrected chi connectivity index (χ0v) is 41.8. The summed E-state index contributed by atoms with van der Waals surface area (Å²) in [5.41, 5.74) is 2.68. The first kappa shape index (κ1) is 53.4. The number of ether oxygens (including phenoxy) is 6. The number of cyclic esters (lactones) is 1. The zero-order chi connectivity index (χ0) is 49.4. The summed E-state index contributed by atoms with van der Waals surface area (Å²) in [6.07, 6.45) is 6.31. The second-order valence-corrected chi connectivity index (χ2v) is 20.2. The number of benzene rings is 1. The van der Waals surface area contributed by atoms with E-state index in [1.165, 1.54) is 19.1 Å². The average molecular weight is 951 g/mol. The first-order valence-electron chi connectivity index (χ1n) is 24.9. The number of piperidine rings is 1. The molecule has 4 heterocycles. The number of carbonyl (C=O) groups excluding carboxylic acids is 4. The van der Waals surface area contributed by atoms with Gasteiger partial charge in [0, 0.05) is 75.7 Å². The molecule has 0 spiro atoms. The van der Waals surface area contributed by atoms with Gasteiger partial charge in [-0.3, -0.25) is 14.4 Å². The van der Waals surface area contributed by atoms with Gasteiger partial charge in [0.25, 0.3) is 11.7 Å². The molecule has 378 valence electrons. The van der Waals surface area contributed by atoms with Crippen molar-refractivity contribution in [3.05, 3.63) is 53.8 Å². The minimum absolute atomic E-state index is 0.00701. The van der Waals surface area contributed by atoms with E-state index in [4.69, 9.17) is 28.4 Å². The summed E-state index contributed by atoms with van der Waals surface area (Å²) in [4.78, 5) is 58.6. The molecule has 1 unspecified atom stereocenters. The van der Waals surface area contributed by atoms with E-state index in [1.807, 2.05) is 61.9 Å². The fourth-order valence-electron chi connectivity index (χ4n) is 11.2. The van der Waals surface area contributed by atoms with Crippen LogP contribution in [-0.4, -0.2) is 137 Å². The normalized spacial score (nSPS) is 35.6. The van der Waals surface area contributed by atoms with Crippen LogP contribution in [0.4, 0.5) is 0 Å². The molecule has 4 aliphatic rings. The molecule has 68 heavy (non-hydrogen) atoms. The molecule has 2 saturated heterocycles. The molecule has 1 amide bonds. The molecule has 2 bridgehead atoms. The second kappa shape index (κ2) is 23.8. The number of aliphatic hydroxyl groups is 3. The average Bonchev–Trinajstić information content (AvgIpc) is 3.73. The van der Waals surface area contributed by atoms with E-state index in [-0.39, 0.29) is 62.2 Å². The van der Waals surface area contributed by atoms with Crippen LogP contribution < -0.4 is 4.74 Å². The van der Waals surface area contributed by atoms with Crippen molar-refractivity contribution in [2.45, 2.75) is 173 Å². The molecule has 1 aromatic heterocycles. The minimum Gasteiger partial charge on any atom is -0.488 e. The highest BCUT2D eigenvalue weighted by Gasteiger charge is 2.56. The standard InChI is InChI=1S/C53H78N2O13/c1-10-37-24-31(2)23-32(3)25-46(64-8)49-47(65-9)27-34(5)53(62,68-49)50(59)51(60)55-19-12-11-13-41(55)52(61)67-48(35(6)42(57)30-43(37)58)33(4)26-36-14-17-44(45(28-36)63-7)66-39-15-16-40-38(29-39)18-20-54(40)21-22-56/h15-16,18,20,24,26,29,32,34-37,41-42,44-49,56-57,62H,10-14,17,19,21-23,25,27-28,30H2,1-9H3/t32-,34+,35+,36-,37+,41-,42-,44+,45+,46?,47-,48+,49+,53+/m0/s1. The van der Waals surface area contributed by atoms with Crippen molar-refractivity contribution < 1.29 is 62.9 Å². The summed E-state index contributed by atoms with van der Waals surface area (Å²) in [6, 6.07) is 6.77. The number of aliphatic hydroxyl groups excluding tert-OH is 2. The molecule has 3 N–H and O–H groups in total. The first-order chi connectivity index (χ1) is 32.5. The smallest absolute Gasteiger partial charge is 0.329 e. The lowest BCUT2D eigenvalue weighted by molar-refractivity contribution is -0.302. The predicted octanol–water partition coefficient (Wildman–Crippen LogP) is 6.51. The third-order valence-corrected chi connectivity index (χ3v) is 15.2. The second-order valence-electron chi connectivity index (χ2n) is 20.2. The van der Waals surface area contributed by atoms with E-state index in [9.17, 15) is 34.5 Å². The highest BCUT2D eigenvalue weighted by atomic mass is 16.7. The number of methoxy groups -OCH3 is 3. The third-order valence-electron chi connectivity index (χ3n) is 15.2. The number of hydrogen-bond acceptors (Lipinski definition) is 13. The fourth-order valence-corrected chi connectivity index (χ4v) is 11.2. The van der Waals surface area contributed by atoms with E-state index in [0.29, 0.717) is 57.1 Å². The van der Waals surface area contributed by atoms with Crippen molar-refractivity contribution in [1.29, 1.82) is 0 Å². The summed E-state index contributed by atoms with van der Waals surface area (Å²) in [7, 11) is 4.74. The van der Waals surface area contributed by atoms with Gasteiger partial charge in [-0.15, -0.1) is 0 Å². The third kappa shape index (κ3) is 12.1. The Morgan fingerprint density at radius 1 is 0.912 bits per heavy atom. The SMILES string of the molecule is CC[C@@H]1C=C(C)C[C@H](C)CC(OC)[C@H]2O[C@@](O)(C(=O)C(=O)N3CCCC[C@H]3C(=O)O[C@H](C(C)=C[C@@H]3CC[C@@H](Oc4ccc5c(ccn5CCO)c4)[C@H](OC)C3)[C@H](C)[C@@H](O)CC1=O)[C@H](C)C[C@@H]2OC. The number of hydrogen-bond donors (Lipinski definition) is 3. The highest BCUT2D eigenvalue weighted by Crippen LogP contribution is 2.40. The molecule has 3 fully saturated rings. The summed E-state index contributed by atoms with van der Waals surface area (Å²) in [6.45, 7) is 11.9. The molecule has 15 heteroatoms. The number of esters is 1. The van der Waals surface area contributed by atoms with Gasteiger partial charge in [-0.2, -0.15) is 0 Å². The fraction of sp³-hybridized carbons (Fsp3) is 0.698. The van der Waals surface area contributed by atoms with Crippen LogP contribution in [0.3, 0.4) is 0 Å². The van der Waals surface area contributed by atoms with Crippen molar-refractivity contribution in [2.75, 3.05) is 34.5 Å². The molecular formula is C53H78N2O13. The Labute approximate surface area is 402 Å². The minimum atomic E-state index is -2.52. The van der Waals surface area contributed by atoms with Gasteiger partial charge in [-0.25, -0.2) is 4.79 Å². The van der Waals surface area contributed by atoms with Crippen LogP contribution >= 0.6 is 0 Å². The van der Waals surface area contributed by atoms with Crippen LogP contribution in [0.5, 0.6) is 5.75 Å². The topological polar surface area (TPSA) is 193 Å². The summed E-state index contributed by atoms with van der Waals surface area (Å²) >= 11 is 0. The predicted molar refractivity (Wildman–Crippen MR) is 256 cm³/mol. The van der Waals surface area contributed by atoms with E-state index in [1.54, 1.807) is 21.0 Å². The van der Waals surface area contributed by atoms with Crippen LogP contribution in [0.1, 0.15) is 112 Å². The lowest BCUT2D eigenvalue weighted by Crippen LogP contribution is -2.64. The quantitative estimate of drug-likeness (QED) is 0.133. The first-order valence-corrected chi connectivity index (χ1v) is 24.9. The number of amides is 1. The van der Waals surface area contributed by atoms with E-state index >= 15 is 0 Å². The van der Waals surface area contributed by atoms with Crippen LogP contribution in [0, 0.1) is 29.6 Å². The van der Waals surface area contributed by atoms with Crippen molar-refractivity contribution in [1.82, 2.24) is 9.47 Å². The number of carbonyl (C=O) groups is 4. The van der Waals surface area contributed by atoms with Gasteiger partial charge in [0.05, 0.1) is 31.0 Å². The molecule has 0 radical (unpaired) electrons. The Morgan fingerprint density at radius 3 is 2.32 bits per heavy atom. The van der Waals surface area contributed by atoms with Gasteiger partial charge in [0.2, 0.25) is 5.79 Å². The number of aromatic nitrogens is 1. The van der Waals surface area contributed by atoms with Crippen molar-refractivity contribution in [3.8, 4) is 5.75 Å². The number of rotatable bonds is 10. The van der Waals surface area contributed by atoms with Gasteiger partial charge in [0.1, 0.15) is 35.9 Å². The monoisotopic (exact) mass is 951 g/mol. The van der Waals surface area contributed by atoms with Crippen LogP contribution in [0.2, 0.25) is 0 Å². The van der Waals surface area contributed by atoms with Crippen LogP contribution in [0.25, 0.3) is 10.9 Å². The lowest BCUT2D eigenvalue weighted by atomic mass is 9.81. The van der Waals surface area contributed by atoms with Gasteiger partial charge in [-0.05, 0) is 120 Å². The van der Waals surface area contributed by atoms with E-state index in [2.05, 4.69) is 13.0 Å². The number of ketones is 2. The highest BCUT2D eigenvalue weighted by molar-refractivity contribution is 6.39. The van der Waals surface area contributed by atoms with Crippen molar-refractivity contribution in [3.63, 3.8) is 0 Å². The molecule has 14 atom stereocenters. The number of fused-ring (bicyclic) bond motifs is 4. The largest absolute Gasteiger partial charge is 0.488 e. The Kier molecular flexibility index (Phi) is 18.7. The summed E-state index contributed by atoms with van der Waals surface area (Å²) in [5.74, 6) is -6.86. The number of nitrogens with zero attached hydrogens (tertiary/aromatic N) is 2. The maximum atomic E-state index is 14.6. The summed E-state index contributed by atoms with van der Waals surface area (Å²) < 4.78 is 39.0. The Morgan fingerprint density at radius 2 is 1.63 bits per heavy atom. The van der Waals surface area contributed by atoms with E-state index < -0.39 is 77.8 Å². The summed E-state index contributed by atoms with van der Waals surface area (Å²) in [5, 5.41) is 34.5. The van der Waals surface area contributed by atoms with Crippen molar-refractivity contribution >= 4 is 34.3 Å². The van der Waals surface area contributed by atoms with Gasteiger partial charge >= 0.3 is 5.97 Å². The van der Waals surface area contributed by atoms with Crippen LogP contribution in [0.15, 0.2) is 53.8 Å². The molecule has 15 nitrogen and oxygen atoms in total. The molecule has 1 saturated carbocycles. The van der Waals surface area contributed by atoms with Crippen molar-refractivity contribution in [2.24, 2.45) is 29.6 Å². The zero-order valence-electron chi connectivity index (χ0n) is 41.8. The molecule has 3 aliphatic heterocycles. The molecular weight excluding hydrogens is 873 g/mol. The molecule has 2 aromatic rings. The Hall–Kier alpha value is -3.96. The maximum Gasteiger partial charge on any atom is 0.329 e. The van der Waals surface area contributed by atoms with E-state index in [0.717, 1.165) is 28.6 Å². The molecule has 1 aromatic carbocycles. The molecule has 1 aliphatic carbocycles. The Balaban J connectivity index is 1.29. The van der Waals surface area contributed by atoms with Crippen LogP contribution in [-0.2, 0) is 49.4 Å². The number of allylic oxidation sites excluding steroid dienone is 3. The number of Topliss-reactive ketones (excluding diaryl/α,β-unsaturated/α-hetero) is 2. The lowest BCUT2D eigenvalue weighted by Gasteiger charge is -2.47. The van der Waals surface area contributed by atoms with Gasteiger partial charge < -0.3 is 53.2 Å². The maximum absolute atomic E-state index is 14.6.